The number of rotatable bonds is 4. The van der Waals surface area contributed by atoms with E-state index in [2.05, 4.69) is 0 Å². The second-order valence-electron chi connectivity index (χ2n) is 9.15. The molecule has 0 saturated carbocycles. The number of methoxy groups -OCH3 is 2. The van der Waals surface area contributed by atoms with Crippen molar-refractivity contribution in [2.24, 2.45) is 0 Å². The number of amides is 1. The van der Waals surface area contributed by atoms with Crippen molar-refractivity contribution in [1.29, 1.82) is 0 Å². The molecule has 2 aromatic carbocycles. The lowest BCUT2D eigenvalue weighted by Gasteiger charge is -2.30. The molecule has 0 unspecified atom stereocenters. The van der Waals surface area contributed by atoms with Crippen molar-refractivity contribution in [1.82, 2.24) is 9.88 Å². The number of carbonyl (C=O) groups is 1. The minimum Gasteiger partial charge on any atom is -0.493 e. The fraction of sp³-hybridized carbons (Fsp3) is 0.286. The van der Waals surface area contributed by atoms with Crippen molar-refractivity contribution in [2.75, 3.05) is 27.3 Å². The van der Waals surface area contributed by atoms with Crippen LogP contribution >= 0.6 is 0 Å². The van der Waals surface area contributed by atoms with Crippen molar-refractivity contribution < 1.29 is 27.2 Å². The first-order valence-electron chi connectivity index (χ1n) is 12.1. The van der Waals surface area contributed by atoms with Gasteiger partial charge in [0, 0.05) is 30.4 Å². The standard InChI is InChI=1S/C28H28N2O6S/c1-35-24-10-7-21(17-25(24)36-2)28(31)30-14-11-18(12-15-30)26-23-9-8-22(37(32,33)34)16-20(23)6-5-19-4-3-13-29-27(19)26/h3-4,7-10,13,16-17H,5-6,11-12,14-15H2,1-2H3,(H,32,33,34). The van der Waals surface area contributed by atoms with Crippen molar-refractivity contribution in [2.45, 2.75) is 30.6 Å². The molecule has 3 aromatic rings. The van der Waals surface area contributed by atoms with Crippen LogP contribution in [-0.2, 0) is 23.0 Å². The summed E-state index contributed by atoms with van der Waals surface area (Å²) in [5.41, 5.74) is 6.51. The molecule has 9 heteroatoms. The number of likely N-dealkylation sites (tertiary alicyclic amines) is 1. The molecule has 1 aliphatic carbocycles. The van der Waals surface area contributed by atoms with Crippen LogP contribution < -0.4 is 9.47 Å². The molecule has 192 valence electrons. The zero-order valence-corrected chi connectivity index (χ0v) is 21.5. The van der Waals surface area contributed by atoms with Crippen LogP contribution in [0.1, 0.15) is 45.6 Å². The van der Waals surface area contributed by atoms with Crippen LogP contribution in [0.2, 0.25) is 0 Å². The summed E-state index contributed by atoms with van der Waals surface area (Å²) in [6.07, 6.45) is 4.46. The van der Waals surface area contributed by atoms with E-state index in [1.807, 2.05) is 17.0 Å². The Morgan fingerprint density at radius 3 is 2.35 bits per heavy atom. The molecule has 1 N–H and O–H groups in total. The van der Waals surface area contributed by atoms with E-state index in [9.17, 15) is 17.8 Å². The zero-order valence-electron chi connectivity index (χ0n) is 20.7. The van der Waals surface area contributed by atoms with E-state index in [1.54, 1.807) is 50.7 Å². The molecule has 37 heavy (non-hydrogen) atoms. The fourth-order valence-corrected chi connectivity index (χ4v) is 5.71. The highest BCUT2D eigenvalue weighted by Crippen LogP contribution is 2.38. The van der Waals surface area contributed by atoms with Gasteiger partial charge in [0.15, 0.2) is 11.5 Å². The lowest BCUT2D eigenvalue weighted by Crippen LogP contribution is -2.36. The largest absolute Gasteiger partial charge is 0.493 e. The number of aromatic nitrogens is 1. The number of pyridine rings is 1. The summed E-state index contributed by atoms with van der Waals surface area (Å²) in [5.74, 6) is 1.01. The predicted molar refractivity (Wildman–Crippen MR) is 139 cm³/mol. The van der Waals surface area contributed by atoms with E-state index in [1.165, 1.54) is 11.6 Å². The molecule has 0 spiro atoms. The summed E-state index contributed by atoms with van der Waals surface area (Å²) in [7, 11) is -1.20. The number of nitrogens with zero attached hydrogens (tertiary/aromatic N) is 2. The molecule has 0 atom stereocenters. The van der Waals surface area contributed by atoms with E-state index >= 15 is 0 Å². The van der Waals surface area contributed by atoms with Gasteiger partial charge in [-0.15, -0.1) is 0 Å². The Morgan fingerprint density at radius 2 is 1.65 bits per heavy atom. The van der Waals surface area contributed by atoms with Crippen molar-refractivity contribution in [3.8, 4) is 11.5 Å². The van der Waals surface area contributed by atoms with Gasteiger partial charge in [-0.05, 0) is 78.8 Å². The van der Waals surface area contributed by atoms with Gasteiger partial charge in [0.05, 0.1) is 24.8 Å². The zero-order chi connectivity index (χ0) is 26.2. The highest BCUT2D eigenvalue weighted by molar-refractivity contribution is 7.85. The highest BCUT2D eigenvalue weighted by Gasteiger charge is 2.28. The Kier molecular flexibility index (Phi) is 6.74. The third-order valence-electron chi connectivity index (χ3n) is 7.07. The Hall–Kier alpha value is -3.69. The van der Waals surface area contributed by atoms with Crippen LogP contribution in [0.15, 0.2) is 65.2 Å². The normalized spacial score (nSPS) is 15.5. The molecule has 1 aromatic heterocycles. The van der Waals surface area contributed by atoms with Crippen molar-refractivity contribution in [3.05, 3.63) is 88.2 Å². The van der Waals surface area contributed by atoms with Crippen molar-refractivity contribution in [3.63, 3.8) is 0 Å². The molecular formula is C28H28N2O6S. The molecule has 1 saturated heterocycles. The first kappa shape index (κ1) is 25.0. The van der Waals surface area contributed by atoms with Crippen LogP contribution in [0, 0.1) is 0 Å². The van der Waals surface area contributed by atoms with Crippen LogP contribution in [0.25, 0.3) is 5.57 Å². The van der Waals surface area contributed by atoms with E-state index in [0.717, 1.165) is 28.0 Å². The Bertz CT molecular complexity index is 1500. The minimum atomic E-state index is -4.30. The van der Waals surface area contributed by atoms with Gasteiger partial charge in [-0.2, -0.15) is 8.42 Å². The summed E-state index contributed by atoms with van der Waals surface area (Å²) in [6, 6.07) is 13.9. The summed E-state index contributed by atoms with van der Waals surface area (Å²) in [4.78, 5) is 19.7. The number of ether oxygens (including phenoxy) is 2. The Balaban J connectivity index is 1.48. The van der Waals surface area contributed by atoms with Crippen LogP contribution in [0.3, 0.4) is 0 Å². The number of aryl methyl sites for hydroxylation is 2. The van der Waals surface area contributed by atoms with Gasteiger partial charge in [-0.1, -0.05) is 17.7 Å². The molecule has 8 nitrogen and oxygen atoms in total. The lowest BCUT2D eigenvalue weighted by atomic mass is 9.88. The number of fused-ring (bicyclic) bond motifs is 2. The molecule has 0 bridgehead atoms. The number of carbonyl (C=O) groups excluding carboxylic acids is 1. The van der Waals surface area contributed by atoms with E-state index in [0.29, 0.717) is 55.8 Å². The molecule has 5 rings (SSSR count). The average Bonchev–Trinajstić information content (AvgIpc) is 3.08. The highest BCUT2D eigenvalue weighted by atomic mass is 32.2. The summed E-state index contributed by atoms with van der Waals surface area (Å²) in [6.45, 7) is 1.10. The molecule has 1 amide bonds. The van der Waals surface area contributed by atoms with Crippen LogP contribution in [-0.4, -0.2) is 56.1 Å². The Morgan fingerprint density at radius 1 is 0.919 bits per heavy atom. The Labute approximate surface area is 216 Å². The van der Waals surface area contributed by atoms with Gasteiger partial charge >= 0.3 is 0 Å². The van der Waals surface area contributed by atoms with Gasteiger partial charge < -0.3 is 14.4 Å². The smallest absolute Gasteiger partial charge is 0.294 e. The molecule has 1 aliphatic heterocycles. The maximum Gasteiger partial charge on any atom is 0.294 e. The fourth-order valence-electron chi connectivity index (χ4n) is 5.18. The minimum absolute atomic E-state index is 0.0670. The first-order valence-corrected chi connectivity index (χ1v) is 13.5. The van der Waals surface area contributed by atoms with E-state index < -0.39 is 10.1 Å². The maximum absolute atomic E-state index is 13.3. The van der Waals surface area contributed by atoms with Gasteiger partial charge in [0.25, 0.3) is 16.0 Å². The number of hydrogen-bond donors (Lipinski definition) is 1. The van der Waals surface area contributed by atoms with Gasteiger partial charge in [0.2, 0.25) is 0 Å². The monoisotopic (exact) mass is 520 g/mol. The van der Waals surface area contributed by atoms with Gasteiger partial charge in [0.1, 0.15) is 0 Å². The predicted octanol–water partition coefficient (Wildman–Crippen LogP) is 4.18. The molecular weight excluding hydrogens is 492 g/mol. The third kappa shape index (κ3) is 4.84. The lowest BCUT2D eigenvalue weighted by molar-refractivity contribution is 0.0743. The second kappa shape index (κ2) is 9.99. The second-order valence-corrected chi connectivity index (χ2v) is 10.6. The van der Waals surface area contributed by atoms with Crippen LogP contribution in [0.4, 0.5) is 0 Å². The summed E-state index contributed by atoms with van der Waals surface area (Å²) in [5, 5.41) is 0. The molecule has 2 heterocycles. The third-order valence-corrected chi connectivity index (χ3v) is 7.92. The molecule has 1 fully saturated rings. The number of piperidine rings is 1. The van der Waals surface area contributed by atoms with Crippen LogP contribution in [0.5, 0.6) is 11.5 Å². The number of hydrogen-bond acceptors (Lipinski definition) is 6. The molecule has 2 aliphatic rings. The SMILES string of the molecule is COc1ccc(C(=O)N2CCC(=C3c4ccc(S(=O)(=O)O)cc4CCc4cccnc43)CC2)cc1OC. The van der Waals surface area contributed by atoms with E-state index in [4.69, 9.17) is 14.5 Å². The summed E-state index contributed by atoms with van der Waals surface area (Å²) >= 11 is 0. The van der Waals surface area contributed by atoms with Gasteiger partial charge in [-0.25, -0.2) is 0 Å². The van der Waals surface area contributed by atoms with Crippen molar-refractivity contribution >= 4 is 21.6 Å². The van der Waals surface area contributed by atoms with Gasteiger partial charge in [-0.3, -0.25) is 14.3 Å². The van der Waals surface area contributed by atoms with E-state index in [-0.39, 0.29) is 10.8 Å². The average molecular weight is 521 g/mol. The maximum atomic E-state index is 13.3. The topological polar surface area (TPSA) is 106 Å². The molecule has 0 radical (unpaired) electrons. The number of benzene rings is 2. The summed E-state index contributed by atoms with van der Waals surface area (Å²) < 4.78 is 43.8. The quantitative estimate of drug-likeness (QED) is 0.515. The first-order chi connectivity index (χ1) is 17.8.